The quantitative estimate of drug-likeness (QED) is 0.861. The zero-order chi connectivity index (χ0) is 18.9. The van der Waals surface area contributed by atoms with Crippen LogP contribution >= 0.6 is 0 Å². The number of rotatable bonds is 3. The fourth-order valence-corrected chi connectivity index (χ4v) is 4.32. The number of carbonyl (C=O) groups excluding carboxylic acids is 1. The van der Waals surface area contributed by atoms with Crippen LogP contribution in [0.1, 0.15) is 29.0 Å². The monoisotopic (exact) mass is 368 g/mol. The molecule has 4 rings (SSSR count). The molecule has 0 aliphatic carbocycles. The molecule has 1 spiro atoms. The normalized spacial score (nSPS) is 21.6. The van der Waals surface area contributed by atoms with Crippen LogP contribution in [0.15, 0.2) is 31.0 Å². The Morgan fingerprint density at radius 1 is 1.26 bits per heavy atom. The van der Waals surface area contributed by atoms with E-state index < -0.39 is 0 Å². The van der Waals surface area contributed by atoms with E-state index in [0.29, 0.717) is 18.8 Å². The average molecular weight is 368 g/mol. The van der Waals surface area contributed by atoms with Crippen molar-refractivity contribution in [1.29, 1.82) is 0 Å². The Kier molecular flexibility index (Phi) is 4.73. The van der Waals surface area contributed by atoms with Crippen molar-refractivity contribution in [3.05, 3.63) is 42.4 Å². The number of hydrogen-bond donors (Lipinski definition) is 1. The Morgan fingerprint density at radius 2 is 2.07 bits per heavy atom. The number of hydrogen-bond acceptors (Lipinski definition) is 7. The van der Waals surface area contributed by atoms with Crippen LogP contribution in [0, 0.1) is 18.3 Å². The van der Waals surface area contributed by atoms with Crippen LogP contribution in [-0.2, 0) is 0 Å². The summed E-state index contributed by atoms with van der Waals surface area (Å²) in [7, 11) is 0. The topological polar surface area (TPSA) is 95.3 Å². The van der Waals surface area contributed by atoms with Crippen LogP contribution in [0.3, 0.4) is 0 Å². The van der Waals surface area contributed by atoms with Crippen molar-refractivity contribution < 1.29 is 9.90 Å². The number of likely N-dealkylation sites (tertiary alicyclic amines) is 1. The van der Waals surface area contributed by atoms with E-state index in [1.165, 1.54) is 0 Å². The van der Waals surface area contributed by atoms with Gasteiger partial charge in [0.15, 0.2) is 0 Å². The second-order valence-electron chi connectivity index (χ2n) is 7.53. The number of amides is 1. The molecule has 0 radical (unpaired) electrons. The van der Waals surface area contributed by atoms with Gasteiger partial charge in [-0.1, -0.05) is 0 Å². The molecule has 2 aliphatic rings. The summed E-state index contributed by atoms with van der Waals surface area (Å²) in [6, 6.07) is 1.90. The second-order valence-corrected chi connectivity index (χ2v) is 7.53. The highest BCUT2D eigenvalue weighted by Gasteiger charge is 2.48. The fraction of sp³-hybridized carbons (Fsp3) is 0.526. The number of aliphatic hydroxyl groups is 1. The summed E-state index contributed by atoms with van der Waals surface area (Å²) in [6.45, 7) is 4.97. The van der Waals surface area contributed by atoms with Crippen molar-refractivity contribution in [3.63, 3.8) is 0 Å². The lowest BCUT2D eigenvalue weighted by molar-refractivity contribution is 0.0412. The molecule has 2 saturated heterocycles. The van der Waals surface area contributed by atoms with Gasteiger partial charge in [0.2, 0.25) is 0 Å². The number of piperidine rings is 1. The standard InChI is InChI=1S/C19H24N6O2/c1-14-8-22-16(9-21-14)18(27)24-6-3-19(4-7-24)12-25(10-15(19)11-26)17-2-5-20-13-23-17/h2,5,8-9,13,15,26H,3-4,6-7,10-12H2,1H3. The average Bonchev–Trinajstić information content (AvgIpc) is 3.07. The molecule has 2 aliphatic heterocycles. The van der Waals surface area contributed by atoms with E-state index in [1.54, 1.807) is 24.9 Å². The minimum atomic E-state index is -0.0662. The van der Waals surface area contributed by atoms with Gasteiger partial charge in [0.1, 0.15) is 17.8 Å². The number of aliphatic hydroxyl groups excluding tert-OH is 1. The van der Waals surface area contributed by atoms with Gasteiger partial charge >= 0.3 is 0 Å². The maximum Gasteiger partial charge on any atom is 0.274 e. The first-order chi connectivity index (χ1) is 13.1. The summed E-state index contributed by atoms with van der Waals surface area (Å²) in [5.74, 6) is 1.01. The molecule has 27 heavy (non-hydrogen) atoms. The third-order valence-corrected chi connectivity index (χ3v) is 5.97. The summed E-state index contributed by atoms with van der Waals surface area (Å²) in [5.41, 5.74) is 1.20. The second kappa shape index (κ2) is 7.19. The van der Waals surface area contributed by atoms with Gasteiger partial charge in [0, 0.05) is 51.1 Å². The van der Waals surface area contributed by atoms with Gasteiger partial charge in [-0.25, -0.2) is 15.0 Å². The molecule has 0 aromatic carbocycles. The van der Waals surface area contributed by atoms with Gasteiger partial charge in [-0.2, -0.15) is 0 Å². The van der Waals surface area contributed by atoms with E-state index in [2.05, 4.69) is 24.8 Å². The molecule has 1 amide bonds. The highest BCUT2D eigenvalue weighted by atomic mass is 16.3. The number of aryl methyl sites for hydroxylation is 1. The van der Waals surface area contributed by atoms with E-state index >= 15 is 0 Å². The Balaban J connectivity index is 1.45. The van der Waals surface area contributed by atoms with E-state index in [1.807, 2.05) is 17.9 Å². The van der Waals surface area contributed by atoms with E-state index in [-0.39, 0.29) is 23.8 Å². The summed E-state index contributed by atoms with van der Waals surface area (Å²) < 4.78 is 0. The molecular formula is C19H24N6O2. The van der Waals surface area contributed by atoms with Crippen molar-refractivity contribution in [2.24, 2.45) is 11.3 Å². The molecule has 2 fully saturated rings. The van der Waals surface area contributed by atoms with Crippen LogP contribution in [0.25, 0.3) is 0 Å². The fourth-order valence-electron chi connectivity index (χ4n) is 4.32. The van der Waals surface area contributed by atoms with Crippen LogP contribution in [-0.4, -0.2) is 68.6 Å². The molecule has 2 aromatic rings. The van der Waals surface area contributed by atoms with Gasteiger partial charge in [-0.05, 0) is 31.2 Å². The van der Waals surface area contributed by atoms with Gasteiger partial charge in [-0.15, -0.1) is 0 Å². The minimum Gasteiger partial charge on any atom is -0.396 e. The van der Waals surface area contributed by atoms with Gasteiger partial charge in [0.05, 0.1) is 11.9 Å². The Morgan fingerprint density at radius 3 is 2.70 bits per heavy atom. The molecule has 0 bridgehead atoms. The summed E-state index contributed by atoms with van der Waals surface area (Å²) in [6.07, 6.45) is 8.20. The minimum absolute atomic E-state index is 0.00936. The smallest absolute Gasteiger partial charge is 0.274 e. The van der Waals surface area contributed by atoms with Gasteiger partial charge < -0.3 is 14.9 Å². The molecular weight excluding hydrogens is 344 g/mol. The van der Waals surface area contributed by atoms with Crippen LogP contribution < -0.4 is 4.90 Å². The number of nitrogens with zero attached hydrogens (tertiary/aromatic N) is 6. The maximum atomic E-state index is 12.7. The van der Waals surface area contributed by atoms with Crippen molar-refractivity contribution in [1.82, 2.24) is 24.8 Å². The molecule has 1 N–H and O–H groups in total. The molecule has 1 atom stereocenters. The molecule has 0 saturated carbocycles. The molecule has 8 heteroatoms. The summed E-state index contributed by atoms with van der Waals surface area (Å²) in [5, 5.41) is 9.97. The van der Waals surface area contributed by atoms with E-state index in [0.717, 1.165) is 37.4 Å². The number of anilines is 1. The largest absolute Gasteiger partial charge is 0.396 e. The van der Waals surface area contributed by atoms with Crippen molar-refractivity contribution in [2.45, 2.75) is 19.8 Å². The van der Waals surface area contributed by atoms with Gasteiger partial charge in [0.25, 0.3) is 5.91 Å². The predicted molar refractivity (Wildman–Crippen MR) is 99.2 cm³/mol. The summed E-state index contributed by atoms with van der Waals surface area (Å²) in [4.78, 5) is 33.5. The lowest BCUT2D eigenvalue weighted by atomic mass is 9.71. The van der Waals surface area contributed by atoms with Crippen LogP contribution in [0.4, 0.5) is 5.82 Å². The Hall–Kier alpha value is -2.61. The van der Waals surface area contributed by atoms with Crippen LogP contribution in [0.2, 0.25) is 0 Å². The van der Waals surface area contributed by atoms with Gasteiger partial charge in [-0.3, -0.25) is 9.78 Å². The maximum absolute atomic E-state index is 12.7. The number of aromatic nitrogens is 4. The van der Waals surface area contributed by atoms with Crippen molar-refractivity contribution >= 4 is 11.7 Å². The molecule has 1 unspecified atom stereocenters. The lowest BCUT2D eigenvalue weighted by Gasteiger charge is -2.42. The SMILES string of the molecule is Cc1cnc(C(=O)N2CCC3(CC2)CN(c2ccncn2)CC3CO)cn1. The summed E-state index contributed by atoms with van der Waals surface area (Å²) >= 11 is 0. The third kappa shape index (κ3) is 3.37. The lowest BCUT2D eigenvalue weighted by Crippen LogP contribution is -2.47. The van der Waals surface area contributed by atoms with E-state index in [9.17, 15) is 9.90 Å². The first-order valence-corrected chi connectivity index (χ1v) is 9.31. The predicted octanol–water partition coefficient (Wildman–Crippen LogP) is 0.926. The first kappa shape index (κ1) is 17.8. The molecule has 4 heterocycles. The zero-order valence-electron chi connectivity index (χ0n) is 15.5. The Bertz CT molecular complexity index is 790. The van der Waals surface area contributed by atoms with Crippen molar-refractivity contribution in [2.75, 3.05) is 37.7 Å². The third-order valence-electron chi connectivity index (χ3n) is 5.97. The number of carbonyl (C=O) groups is 1. The zero-order valence-corrected chi connectivity index (χ0v) is 15.5. The Labute approximate surface area is 158 Å². The first-order valence-electron chi connectivity index (χ1n) is 9.31. The molecule has 142 valence electrons. The molecule has 8 nitrogen and oxygen atoms in total. The molecule has 2 aromatic heterocycles. The highest BCUT2D eigenvalue weighted by molar-refractivity contribution is 5.92. The van der Waals surface area contributed by atoms with Crippen molar-refractivity contribution in [3.8, 4) is 0 Å². The van der Waals surface area contributed by atoms with E-state index in [4.69, 9.17) is 0 Å². The highest BCUT2D eigenvalue weighted by Crippen LogP contribution is 2.45. The van der Waals surface area contributed by atoms with Crippen LogP contribution in [0.5, 0.6) is 0 Å².